The lowest BCUT2D eigenvalue weighted by Crippen LogP contribution is -2.48. The molecule has 0 spiro atoms. The zero-order valence-corrected chi connectivity index (χ0v) is 19.0. The van der Waals surface area contributed by atoms with Crippen molar-refractivity contribution < 1.29 is 4.79 Å². The minimum Gasteiger partial charge on any atom is -0.336 e. The van der Waals surface area contributed by atoms with Crippen LogP contribution in [0.3, 0.4) is 0 Å². The first-order valence-corrected chi connectivity index (χ1v) is 11.6. The van der Waals surface area contributed by atoms with Crippen LogP contribution in [0, 0.1) is 0 Å². The van der Waals surface area contributed by atoms with E-state index in [9.17, 15) is 4.79 Å². The van der Waals surface area contributed by atoms with Gasteiger partial charge in [-0.15, -0.1) is 0 Å². The molecular weight excluding hydrogens is 422 g/mol. The number of hydrogen-bond donors (Lipinski definition) is 0. The molecule has 0 radical (unpaired) electrons. The van der Waals surface area contributed by atoms with Crippen LogP contribution >= 0.6 is 0 Å². The van der Waals surface area contributed by atoms with Crippen LogP contribution in [-0.2, 0) is 0 Å². The summed E-state index contributed by atoms with van der Waals surface area (Å²) in [5.74, 6) is 0.0144. The maximum atomic E-state index is 13.6. The highest BCUT2D eigenvalue weighted by Crippen LogP contribution is 2.25. The topological polar surface area (TPSA) is 54.3 Å². The molecule has 1 amide bonds. The number of para-hydroxylation sites is 1. The molecule has 170 valence electrons. The summed E-state index contributed by atoms with van der Waals surface area (Å²) < 4.78 is 1.78. The van der Waals surface area contributed by atoms with E-state index in [4.69, 9.17) is 5.10 Å². The number of carbonyl (C=O) groups excluding carboxylic acids is 1. The Balaban J connectivity index is 1.30. The fourth-order valence-electron chi connectivity index (χ4n) is 4.17. The molecule has 5 rings (SSSR count). The number of rotatable bonds is 6. The second-order valence-electron chi connectivity index (χ2n) is 8.32. The van der Waals surface area contributed by atoms with E-state index in [0.29, 0.717) is 24.3 Å². The first-order valence-electron chi connectivity index (χ1n) is 11.6. The molecule has 0 saturated carbocycles. The highest BCUT2D eigenvalue weighted by atomic mass is 16.2. The fourth-order valence-corrected chi connectivity index (χ4v) is 4.17. The molecule has 3 heterocycles. The number of benzene rings is 2. The molecule has 0 atom stereocenters. The molecular formula is C28H27N5O. The van der Waals surface area contributed by atoms with Gasteiger partial charge in [0, 0.05) is 56.9 Å². The molecule has 0 bridgehead atoms. The van der Waals surface area contributed by atoms with E-state index in [1.54, 1.807) is 17.1 Å². The summed E-state index contributed by atoms with van der Waals surface area (Å²) in [4.78, 5) is 22.1. The van der Waals surface area contributed by atoms with Crippen LogP contribution in [0.2, 0.25) is 0 Å². The van der Waals surface area contributed by atoms with E-state index in [2.05, 4.69) is 34.2 Å². The van der Waals surface area contributed by atoms with E-state index in [0.717, 1.165) is 30.9 Å². The summed E-state index contributed by atoms with van der Waals surface area (Å²) in [6, 6.07) is 24.0. The van der Waals surface area contributed by atoms with Crippen molar-refractivity contribution in [2.24, 2.45) is 0 Å². The molecule has 0 aliphatic carbocycles. The predicted octanol–water partition coefficient (Wildman–Crippen LogP) is 4.41. The molecule has 34 heavy (non-hydrogen) atoms. The molecule has 6 nitrogen and oxygen atoms in total. The van der Waals surface area contributed by atoms with E-state index in [1.165, 1.54) is 5.56 Å². The highest BCUT2D eigenvalue weighted by molar-refractivity contribution is 6.00. The summed E-state index contributed by atoms with van der Waals surface area (Å²) in [5, 5.41) is 4.76. The molecule has 6 heteroatoms. The maximum Gasteiger partial charge on any atom is 0.257 e. The first kappa shape index (κ1) is 21.8. The van der Waals surface area contributed by atoms with Gasteiger partial charge in [0.1, 0.15) is 5.69 Å². The number of nitrogens with zero attached hydrogens (tertiary/aromatic N) is 5. The normalized spacial score (nSPS) is 14.5. The van der Waals surface area contributed by atoms with E-state index in [-0.39, 0.29) is 5.91 Å². The molecule has 2 aromatic heterocycles. The minimum atomic E-state index is 0.0144. The predicted molar refractivity (Wildman–Crippen MR) is 135 cm³/mol. The Hall–Kier alpha value is -4.03. The van der Waals surface area contributed by atoms with Gasteiger partial charge in [0.25, 0.3) is 5.91 Å². The van der Waals surface area contributed by atoms with E-state index < -0.39 is 0 Å². The van der Waals surface area contributed by atoms with Crippen LogP contribution in [0.25, 0.3) is 23.0 Å². The highest BCUT2D eigenvalue weighted by Gasteiger charge is 2.26. The lowest BCUT2D eigenvalue weighted by molar-refractivity contribution is 0.0651. The zero-order valence-electron chi connectivity index (χ0n) is 19.0. The van der Waals surface area contributed by atoms with Gasteiger partial charge in [-0.05, 0) is 29.8 Å². The fraction of sp³-hybridized carbons (Fsp3) is 0.179. The van der Waals surface area contributed by atoms with Crippen molar-refractivity contribution in [3.63, 3.8) is 0 Å². The Bertz CT molecular complexity index is 1240. The van der Waals surface area contributed by atoms with Crippen LogP contribution in [-0.4, -0.2) is 63.2 Å². The first-order chi connectivity index (χ1) is 16.8. The van der Waals surface area contributed by atoms with Gasteiger partial charge in [-0.1, -0.05) is 60.7 Å². The summed E-state index contributed by atoms with van der Waals surface area (Å²) in [7, 11) is 0. The molecule has 0 N–H and O–H groups in total. The number of amides is 1. The Morgan fingerprint density at radius 3 is 2.32 bits per heavy atom. The van der Waals surface area contributed by atoms with Crippen LogP contribution < -0.4 is 0 Å². The molecule has 2 aromatic carbocycles. The van der Waals surface area contributed by atoms with Crippen molar-refractivity contribution in [2.45, 2.75) is 0 Å². The quantitative estimate of drug-likeness (QED) is 0.438. The summed E-state index contributed by atoms with van der Waals surface area (Å²) in [6.07, 6.45) is 9.66. The van der Waals surface area contributed by atoms with Gasteiger partial charge in [-0.2, -0.15) is 5.10 Å². The van der Waals surface area contributed by atoms with Crippen molar-refractivity contribution in [3.05, 3.63) is 109 Å². The third kappa shape index (κ3) is 4.97. The van der Waals surface area contributed by atoms with Crippen molar-refractivity contribution in [1.29, 1.82) is 0 Å². The lowest BCUT2D eigenvalue weighted by Gasteiger charge is -2.34. The van der Waals surface area contributed by atoms with Crippen molar-refractivity contribution in [1.82, 2.24) is 24.6 Å². The average Bonchev–Trinajstić information content (AvgIpc) is 3.36. The molecule has 1 fully saturated rings. The Labute approximate surface area is 199 Å². The summed E-state index contributed by atoms with van der Waals surface area (Å²) in [6.45, 7) is 3.96. The monoisotopic (exact) mass is 449 g/mol. The van der Waals surface area contributed by atoms with E-state index >= 15 is 0 Å². The average molecular weight is 450 g/mol. The molecule has 1 aliphatic rings. The SMILES string of the molecule is O=C(c1cn(-c2ccccc2)nc1-c1cccnc1)N1CCN(CC=Cc2ccccc2)CC1. The van der Waals surface area contributed by atoms with Crippen molar-refractivity contribution in [2.75, 3.05) is 32.7 Å². The number of hydrogen-bond acceptors (Lipinski definition) is 4. The third-order valence-corrected chi connectivity index (χ3v) is 6.03. The Morgan fingerprint density at radius 2 is 1.62 bits per heavy atom. The number of aromatic nitrogens is 3. The largest absolute Gasteiger partial charge is 0.336 e. The van der Waals surface area contributed by atoms with Gasteiger partial charge >= 0.3 is 0 Å². The lowest BCUT2D eigenvalue weighted by atomic mass is 10.1. The Kier molecular flexibility index (Phi) is 6.59. The van der Waals surface area contributed by atoms with Gasteiger partial charge in [0.05, 0.1) is 11.3 Å². The molecule has 0 unspecified atom stereocenters. The zero-order chi connectivity index (χ0) is 23.2. The van der Waals surface area contributed by atoms with E-state index in [1.807, 2.05) is 71.8 Å². The smallest absolute Gasteiger partial charge is 0.257 e. The summed E-state index contributed by atoms with van der Waals surface area (Å²) in [5.41, 5.74) is 4.23. The standard InChI is InChI=1S/C28H27N5O/c34-28(32-19-17-31(18-20-32)16-8-11-23-9-3-1-4-10-23)26-22-33(25-13-5-2-6-14-25)30-27(26)24-12-7-15-29-21-24/h1-15,21-22H,16-20H2. The van der Waals surface area contributed by atoms with Gasteiger partial charge in [0.2, 0.25) is 0 Å². The number of piperazine rings is 1. The van der Waals surface area contributed by atoms with Gasteiger partial charge in [-0.25, -0.2) is 4.68 Å². The summed E-state index contributed by atoms with van der Waals surface area (Å²) >= 11 is 0. The van der Waals surface area contributed by atoms with Gasteiger partial charge in [0.15, 0.2) is 0 Å². The van der Waals surface area contributed by atoms with Crippen molar-refractivity contribution >= 4 is 12.0 Å². The number of pyridine rings is 1. The number of carbonyl (C=O) groups is 1. The maximum absolute atomic E-state index is 13.6. The molecule has 1 aliphatic heterocycles. The van der Waals surface area contributed by atoms with Crippen LogP contribution in [0.4, 0.5) is 0 Å². The second kappa shape index (κ2) is 10.3. The van der Waals surface area contributed by atoms with Crippen LogP contribution in [0.15, 0.2) is 97.5 Å². The van der Waals surface area contributed by atoms with Crippen LogP contribution in [0.1, 0.15) is 15.9 Å². The molecule has 1 saturated heterocycles. The second-order valence-corrected chi connectivity index (χ2v) is 8.32. The van der Waals surface area contributed by atoms with Gasteiger partial charge < -0.3 is 4.90 Å². The van der Waals surface area contributed by atoms with Crippen LogP contribution in [0.5, 0.6) is 0 Å². The van der Waals surface area contributed by atoms with Gasteiger partial charge in [-0.3, -0.25) is 14.7 Å². The molecule has 4 aromatic rings. The van der Waals surface area contributed by atoms with Crippen molar-refractivity contribution in [3.8, 4) is 16.9 Å². The Morgan fingerprint density at radius 1 is 0.882 bits per heavy atom. The third-order valence-electron chi connectivity index (χ3n) is 6.03. The minimum absolute atomic E-state index is 0.0144.